The fourth-order valence-electron chi connectivity index (χ4n) is 4.15. The Hall–Kier alpha value is -2.74. The number of anilines is 1. The van der Waals surface area contributed by atoms with Gasteiger partial charge in [-0.1, -0.05) is 44.0 Å². The number of thiazole rings is 1. The second kappa shape index (κ2) is 8.55. The van der Waals surface area contributed by atoms with Crippen LogP contribution in [0.15, 0.2) is 29.6 Å². The lowest BCUT2D eigenvalue weighted by Crippen LogP contribution is -2.44. The van der Waals surface area contributed by atoms with Crippen molar-refractivity contribution in [1.82, 2.24) is 15.2 Å². The first kappa shape index (κ1) is 20.5. The molecule has 4 amide bonds. The van der Waals surface area contributed by atoms with E-state index >= 15 is 0 Å². The topological polar surface area (TPSA) is 91.4 Å². The highest BCUT2D eigenvalue weighted by Crippen LogP contribution is 2.35. The predicted octanol–water partition coefficient (Wildman–Crippen LogP) is 3.96. The Morgan fingerprint density at radius 3 is 2.67 bits per heavy atom. The molecule has 0 radical (unpaired) electrons. The van der Waals surface area contributed by atoms with E-state index in [0.717, 1.165) is 30.5 Å². The quantitative estimate of drug-likeness (QED) is 0.656. The summed E-state index contributed by atoms with van der Waals surface area (Å²) in [6.45, 7) is 2.37. The van der Waals surface area contributed by atoms with Gasteiger partial charge in [-0.15, -0.1) is 11.3 Å². The van der Waals surface area contributed by atoms with Crippen LogP contribution < -0.4 is 10.6 Å². The van der Waals surface area contributed by atoms with Crippen LogP contribution in [0.1, 0.15) is 51.0 Å². The molecule has 1 saturated carbocycles. The highest BCUT2D eigenvalue weighted by molar-refractivity contribution is 7.14. The summed E-state index contributed by atoms with van der Waals surface area (Å²) >= 11 is 1.38. The van der Waals surface area contributed by atoms with Crippen molar-refractivity contribution in [3.63, 3.8) is 0 Å². The molecule has 158 valence electrons. The SMILES string of the molecule is CCc1ccc(-c2csc(NC(=O)CCCN3C(=O)NC4(CCCC4)C3=O)n2)cc1. The number of hydrogen-bond acceptors (Lipinski definition) is 5. The van der Waals surface area contributed by atoms with Crippen LogP contribution in [0.2, 0.25) is 0 Å². The van der Waals surface area contributed by atoms with Crippen LogP contribution in [-0.4, -0.2) is 39.8 Å². The van der Waals surface area contributed by atoms with E-state index in [1.807, 2.05) is 17.5 Å². The highest BCUT2D eigenvalue weighted by atomic mass is 32.1. The summed E-state index contributed by atoms with van der Waals surface area (Å²) in [5.74, 6) is -0.302. The van der Waals surface area contributed by atoms with Crippen LogP contribution in [0.3, 0.4) is 0 Å². The maximum Gasteiger partial charge on any atom is 0.325 e. The van der Waals surface area contributed by atoms with Crippen LogP contribution in [0.4, 0.5) is 9.93 Å². The van der Waals surface area contributed by atoms with Crippen molar-refractivity contribution in [2.75, 3.05) is 11.9 Å². The van der Waals surface area contributed by atoms with E-state index in [1.165, 1.54) is 21.8 Å². The molecule has 7 nitrogen and oxygen atoms in total. The average molecular weight is 427 g/mol. The Kier molecular flexibility index (Phi) is 5.85. The van der Waals surface area contributed by atoms with E-state index in [-0.39, 0.29) is 30.8 Å². The van der Waals surface area contributed by atoms with E-state index in [0.29, 0.717) is 24.4 Å². The molecule has 30 heavy (non-hydrogen) atoms. The molecule has 2 heterocycles. The number of hydrogen-bond donors (Lipinski definition) is 2. The normalized spacial score (nSPS) is 17.6. The van der Waals surface area contributed by atoms with Crippen molar-refractivity contribution in [3.05, 3.63) is 35.2 Å². The number of amides is 4. The third-order valence-corrected chi connectivity index (χ3v) is 6.65. The van der Waals surface area contributed by atoms with Crippen LogP contribution >= 0.6 is 11.3 Å². The molecule has 4 rings (SSSR count). The van der Waals surface area contributed by atoms with E-state index in [1.54, 1.807) is 0 Å². The molecule has 1 aromatic carbocycles. The Labute approximate surface area is 179 Å². The highest BCUT2D eigenvalue weighted by Gasteiger charge is 2.52. The Morgan fingerprint density at radius 1 is 1.23 bits per heavy atom. The lowest BCUT2D eigenvalue weighted by atomic mass is 9.98. The van der Waals surface area contributed by atoms with Gasteiger partial charge in [-0.3, -0.25) is 14.5 Å². The lowest BCUT2D eigenvalue weighted by Gasteiger charge is -2.19. The van der Waals surface area contributed by atoms with Gasteiger partial charge >= 0.3 is 6.03 Å². The number of nitrogens with zero attached hydrogens (tertiary/aromatic N) is 2. The smallest absolute Gasteiger partial charge is 0.323 e. The van der Waals surface area contributed by atoms with Gasteiger partial charge in [0, 0.05) is 23.9 Å². The monoisotopic (exact) mass is 426 g/mol. The fourth-order valence-corrected chi connectivity index (χ4v) is 4.89. The Morgan fingerprint density at radius 2 is 1.97 bits per heavy atom. The minimum atomic E-state index is -0.689. The number of aryl methyl sites for hydroxylation is 1. The summed E-state index contributed by atoms with van der Waals surface area (Å²) in [6, 6.07) is 7.90. The zero-order chi connectivity index (χ0) is 21.1. The maximum atomic E-state index is 12.6. The summed E-state index contributed by atoms with van der Waals surface area (Å²) in [7, 11) is 0. The average Bonchev–Trinajstić information content (AvgIpc) is 3.45. The zero-order valence-corrected chi connectivity index (χ0v) is 17.9. The van der Waals surface area contributed by atoms with Crippen LogP contribution in [-0.2, 0) is 16.0 Å². The molecule has 1 aliphatic heterocycles. The van der Waals surface area contributed by atoms with Crippen LogP contribution in [0.5, 0.6) is 0 Å². The number of imide groups is 1. The van der Waals surface area contributed by atoms with Gasteiger partial charge in [-0.05, 0) is 31.2 Å². The third-order valence-electron chi connectivity index (χ3n) is 5.90. The molecule has 1 saturated heterocycles. The van der Waals surface area contributed by atoms with Crippen molar-refractivity contribution in [2.24, 2.45) is 0 Å². The number of aromatic nitrogens is 1. The molecular weight excluding hydrogens is 400 g/mol. The summed E-state index contributed by atoms with van der Waals surface area (Å²) in [6.07, 6.45) is 4.98. The van der Waals surface area contributed by atoms with Gasteiger partial charge in [0.15, 0.2) is 5.13 Å². The van der Waals surface area contributed by atoms with Crippen LogP contribution in [0.25, 0.3) is 11.3 Å². The minimum absolute atomic E-state index is 0.135. The minimum Gasteiger partial charge on any atom is -0.323 e. The van der Waals surface area contributed by atoms with Gasteiger partial charge < -0.3 is 10.6 Å². The van der Waals surface area contributed by atoms with Crippen molar-refractivity contribution >= 4 is 34.3 Å². The number of urea groups is 1. The van der Waals surface area contributed by atoms with Crippen molar-refractivity contribution in [1.29, 1.82) is 0 Å². The molecule has 2 N–H and O–H groups in total. The van der Waals surface area contributed by atoms with E-state index in [4.69, 9.17) is 0 Å². The molecule has 1 spiro atoms. The predicted molar refractivity (Wildman–Crippen MR) is 116 cm³/mol. The lowest BCUT2D eigenvalue weighted by molar-refractivity contribution is -0.131. The second-order valence-corrected chi connectivity index (χ2v) is 8.77. The summed E-state index contributed by atoms with van der Waals surface area (Å²) in [5, 5.41) is 8.15. The second-order valence-electron chi connectivity index (χ2n) is 7.92. The van der Waals surface area contributed by atoms with E-state index < -0.39 is 5.54 Å². The molecule has 0 unspecified atom stereocenters. The summed E-state index contributed by atoms with van der Waals surface area (Å²) in [4.78, 5) is 42.8. The third kappa shape index (κ3) is 4.09. The van der Waals surface area contributed by atoms with Crippen LogP contribution in [0, 0.1) is 0 Å². The van der Waals surface area contributed by atoms with Gasteiger partial charge in [0.05, 0.1) is 5.69 Å². The molecule has 2 aromatic rings. The van der Waals surface area contributed by atoms with Crippen molar-refractivity contribution in [3.8, 4) is 11.3 Å². The fraction of sp³-hybridized carbons (Fsp3) is 0.455. The van der Waals surface area contributed by atoms with Gasteiger partial charge in [0.2, 0.25) is 5.91 Å². The molecule has 2 fully saturated rings. The largest absolute Gasteiger partial charge is 0.325 e. The Balaban J connectivity index is 1.27. The van der Waals surface area contributed by atoms with Gasteiger partial charge in [0.1, 0.15) is 5.54 Å². The maximum absolute atomic E-state index is 12.6. The number of nitrogens with one attached hydrogen (secondary N) is 2. The van der Waals surface area contributed by atoms with Gasteiger partial charge in [-0.2, -0.15) is 0 Å². The van der Waals surface area contributed by atoms with Crippen molar-refractivity contribution < 1.29 is 14.4 Å². The summed E-state index contributed by atoms with van der Waals surface area (Å²) < 4.78 is 0. The van der Waals surface area contributed by atoms with Gasteiger partial charge in [-0.25, -0.2) is 9.78 Å². The van der Waals surface area contributed by atoms with E-state index in [2.05, 4.69) is 34.7 Å². The first-order valence-corrected chi connectivity index (χ1v) is 11.4. The first-order chi connectivity index (χ1) is 14.5. The Bertz CT molecular complexity index is 948. The first-order valence-electron chi connectivity index (χ1n) is 10.5. The number of rotatable bonds is 7. The molecule has 1 aromatic heterocycles. The zero-order valence-electron chi connectivity index (χ0n) is 17.1. The molecule has 1 aliphatic carbocycles. The van der Waals surface area contributed by atoms with Gasteiger partial charge in [0.25, 0.3) is 5.91 Å². The summed E-state index contributed by atoms with van der Waals surface area (Å²) in [5.41, 5.74) is 2.43. The molecule has 8 heteroatoms. The number of benzene rings is 1. The molecular formula is C22H26N4O3S. The molecule has 2 aliphatic rings. The van der Waals surface area contributed by atoms with Crippen molar-refractivity contribution in [2.45, 2.75) is 57.4 Å². The number of carbonyl (C=O) groups excluding carboxylic acids is 3. The van der Waals surface area contributed by atoms with E-state index in [9.17, 15) is 14.4 Å². The number of carbonyl (C=O) groups is 3. The standard InChI is InChI=1S/C22H26N4O3S/c1-2-15-7-9-16(10-8-15)17-14-30-20(23-17)24-18(27)6-5-13-26-19(28)22(25-21(26)29)11-3-4-12-22/h7-10,14H,2-6,11-13H2,1H3,(H,25,29)(H,23,24,27). The molecule has 0 atom stereocenters. The molecule has 0 bridgehead atoms.